The van der Waals surface area contributed by atoms with Crippen molar-refractivity contribution < 1.29 is 0 Å². The van der Waals surface area contributed by atoms with Crippen molar-refractivity contribution in [1.29, 1.82) is 0 Å². The molecule has 0 unspecified atom stereocenters. The van der Waals surface area contributed by atoms with Gasteiger partial charge in [0.15, 0.2) is 0 Å². The van der Waals surface area contributed by atoms with E-state index in [1.54, 1.807) is 0 Å². The fourth-order valence-corrected chi connectivity index (χ4v) is 0.603. The minimum atomic E-state index is 1.23. The van der Waals surface area contributed by atoms with Crippen molar-refractivity contribution in [2.75, 3.05) is 0 Å². The van der Waals surface area contributed by atoms with E-state index in [1.807, 2.05) is 31.2 Å². The highest BCUT2D eigenvalue weighted by Gasteiger charge is 1.84. The Hall–Kier alpha value is -1.04. The molecule has 0 aromatic heterocycles. The average Bonchev–Trinajstić information content (AvgIpc) is 2.03. The second-order valence-electron chi connectivity index (χ2n) is 2.46. The fourth-order valence-electron chi connectivity index (χ4n) is 0.603. The largest absolute Gasteiger partial charge is 0.0988 e. The van der Waals surface area contributed by atoms with E-state index in [0.29, 0.717) is 0 Å². The smallest absolute Gasteiger partial charge is 0.0395 e. The quantitative estimate of drug-likeness (QED) is 0.536. The molecule has 0 bridgehead atoms. The van der Waals surface area contributed by atoms with Crippen LogP contribution in [-0.2, 0) is 0 Å². The van der Waals surface area contributed by atoms with Crippen LogP contribution in [0.15, 0.2) is 48.1 Å². The number of rotatable bonds is 3. The molecule has 0 aromatic carbocycles. The van der Waals surface area contributed by atoms with E-state index in [9.17, 15) is 0 Å². The van der Waals surface area contributed by atoms with Gasteiger partial charge >= 0.3 is 0 Å². The minimum absolute atomic E-state index is 1.23. The van der Waals surface area contributed by atoms with Gasteiger partial charge in [0.05, 0.1) is 0 Å². The van der Waals surface area contributed by atoms with E-state index in [4.69, 9.17) is 0 Å². The zero-order valence-electron chi connectivity index (χ0n) is 7.59. The lowest BCUT2D eigenvalue weighted by Crippen LogP contribution is -1.73. The summed E-state index contributed by atoms with van der Waals surface area (Å²) in [7, 11) is 0. The monoisotopic (exact) mass is 148 g/mol. The number of hydrogen-bond acceptors (Lipinski definition) is 0. The summed E-state index contributed by atoms with van der Waals surface area (Å²) in [6, 6.07) is 0. The van der Waals surface area contributed by atoms with Crippen molar-refractivity contribution in [3.8, 4) is 0 Å². The van der Waals surface area contributed by atoms with Crippen molar-refractivity contribution in [3.05, 3.63) is 48.1 Å². The highest BCUT2D eigenvalue weighted by molar-refractivity contribution is 5.30. The Balaban J connectivity index is 4.26. The summed E-state index contributed by atoms with van der Waals surface area (Å²) in [5.41, 5.74) is 2.49. The van der Waals surface area contributed by atoms with Crippen molar-refractivity contribution in [3.63, 3.8) is 0 Å². The first-order chi connectivity index (χ1) is 5.22. The number of hydrogen-bond donors (Lipinski definition) is 0. The lowest BCUT2D eigenvalue weighted by atomic mass is 10.1. The van der Waals surface area contributed by atoms with Gasteiger partial charge in [-0.2, -0.15) is 0 Å². The van der Waals surface area contributed by atoms with Crippen molar-refractivity contribution in [1.82, 2.24) is 0 Å². The van der Waals surface area contributed by atoms with E-state index in [0.717, 1.165) is 0 Å². The van der Waals surface area contributed by atoms with Gasteiger partial charge < -0.3 is 0 Å². The molecule has 0 saturated heterocycles. The van der Waals surface area contributed by atoms with Crippen LogP contribution < -0.4 is 0 Å². The Labute approximate surface area is 69.6 Å². The van der Waals surface area contributed by atoms with E-state index >= 15 is 0 Å². The first-order valence-corrected chi connectivity index (χ1v) is 3.81. The summed E-state index contributed by atoms with van der Waals surface area (Å²) >= 11 is 0. The molecule has 0 aliphatic rings. The Morgan fingerprint density at radius 3 is 2.18 bits per heavy atom. The summed E-state index contributed by atoms with van der Waals surface area (Å²) in [5.74, 6) is 0. The summed E-state index contributed by atoms with van der Waals surface area (Å²) in [6.07, 6.45) is 10.0. The molecule has 0 fully saturated rings. The van der Waals surface area contributed by atoms with Gasteiger partial charge in [0, 0.05) is 0 Å². The molecule has 60 valence electrons. The zero-order valence-corrected chi connectivity index (χ0v) is 7.59. The molecule has 0 radical (unpaired) electrons. The molecular formula is C11H16. The summed E-state index contributed by atoms with van der Waals surface area (Å²) in [6.45, 7) is 9.84. The summed E-state index contributed by atoms with van der Waals surface area (Å²) < 4.78 is 0. The van der Waals surface area contributed by atoms with Crippen LogP contribution in [0.3, 0.4) is 0 Å². The van der Waals surface area contributed by atoms with Gasteiger partial charge in [-0.1, -0.05) is 37.0 Å². The van der Waals surface area contributed by atoms with Crippen LogP contribution in [0.4, 0.5) is 0 Å². The lowest BCUT2D eigenvalue weighted by Gasteiger charge is -1.94. The molecule has 0 heterocycles. The normalized spacial score (nSPS) is 14.1. The molecule has 0 heteroatoms. The maximum absolute atomic E-state index is 3.70. The molecule has 0 N–H and O–H groups in total. The second-order valence-corrected chi connectivity index (χ2v) is 2.46. The van der Waals surface area contributed by atoms with Crippen LogP contribution in [0.25, 0.3) is 0 Å². The summed E-state index contributed by atoms with van der Waals surface area (Å²) in [4.78, 5) is 0. The molecule has 0 aromatic rings. The van der Waals surface area contributed by atoms with Crippen LogP contribution in [0.5, 0.6) is 0 Å². The molecular weight excluding hydrogens is 132 g/mol. The Morgan fingerprint density at radius 2 is 1.73 bits per heavy atom. The van der Waals surface area contributed by atoms with E-state index in [2.05, 4.69) is 26.5 Å². The van der Waals surface area contributed by atoms with E-state index in [1.165, 1.54) is 11.1 Å². The Kier molecular flexibility index (Phi) is 5.18. The topological polar surface area (TPSA) is 0 Å². The first-order valence-electron chi connectivity index (χ1n) is 3.81. The lowest BCUT2D eigenvalue weighted by molar-refractivity contribution is 1.38. The van der Waals surface area contributed by atoms with Gasteiger partial charge in [-0.3, -0.25) is 0 Å². The highest BCUT2D eigenvalue weighted by atomic mass is 13.9. The van der Waals surface area contributed by atoms with Gasteiger partial charge in [0.2, 0.25) is 0 Å². The molecule has 0 saturated carbocycles. The predicted octanol–water partition coefficient (Wildman–Crippen LogP) is 3.64. The van der Waals surface area contributed by atoms with Crippen molar-refractivity contribution in [2.24, 2.45) is 0 Å². The summed E-state index contributed by atoms with van der Waals surface area (Å²) in [5, 5.41) is 0. The second kappa shape index (κ2) is 5.72. The SMILES string of the molecule is C=C\C(C)=C(C)/C=C\C=C/C. The molecule has 0 aliphatic carbocycles. The third-order valence-corrected chi connectivity index (χ3v) is 1.58. The molecule has 0 aliphatic heterocycles. The molecule has 0 amide bonds. The molecule has 0 rings (SSSR count). The fraction of sp³-hybridized carbons (Fsp3) is 0.273. The van der Waals surface area contributed by atoms with Gasteiger partial charge in [0.25, 0.3) is 0 Å². The third-order valence-electron chi connectivity index (χ3n) is 1.58. The average molecular weight is 148 g/mol. The molecule has 0 atom stereocenters. The van der Waals surface area contributed by atoms with E-state index in [-0.39, 0.29) is 0 Å². The van der Waals surface area contributed by atoms with Crippen LogP contribution in [0.1, 0.15) is 20.8 Å². The number of allylic oxidation sites excluding steroid dienone is 7. The van der Waals surface area contributed by atoms with E-state index < -0.39 is 0 Å². The van der Waals surface area contributed by atoms with Crippen molar-refractivity contribution in [2.45, 2.75) is 20.8 Å². The van der Waals surface area contributed by atoms with Crippen LogP contribution in [-0.4, -0.2) is 0 Å². The predicted molar refractivity (Wildman–Crippen MR) is 52.5 cm³/mol. The van der Waals surface area contributed by atoms with Gasteiger partial charge in [-0.05, 0) is 31.9 Å². The molecule has 11 heavy (non-hydrogen) atoms. The maximum Gasteiger partial charge on any atom is -0.0395 e. The van der Waals surface area contributed by atoms with Gasteiger partial charge in [-0.25, -0.2) is 0 Å². The van der Waals surface area contributed by atoms with Crippen LogP contribution in [0, 0.1) is 0 Å². The van der Waals surface area contributed by atoms with Crippen LogP contribution in [0.2, 0.25) is 0 Å². The van der Waals surface area contributed by atoms with Crippen molar-refractivity contribution >= 4 is 0 Å². The zero-order chi connectivity index (χ0) is 8.69. The standard InChI is InChI=1S/C11H16/c1-5-7-8-9-11(4)10(3)6-2/h5-9H,2H2,1,3-4H3/b7-5-,9-8-,11-10-. The van der Waals surface area contributed by atoms with Gasteiger partial charge in [-0.15, -0.1) is 0 Å². The first kappa shape index (κ1) is 9.96. The molecule has 0 nitrogen and oxygen atoms in total. The maximum atomic E-state index is 3.70. The Bertz CT molecular complexity index is 202. The molecule has 0 spiro atoms. The Morgan fingerprint density at radius 1 is 1.09 bits per heavy atom. The third kappa shape index (κ3) is 4.38. The highest BCUT2D eigenvalue weighted by Crippen LogP contribution is 2.04. The van der Waals surface area contributed by atoms with Crippen LogP contribution >= 0.6 is 0 Å². The minimum Gasteiger partial charge on any atom is -0.0988 e. The van der Waals surface area contributed by atoms with Gasteiger partial charge in [0.1, 0.15) is 0 Å².